The van der Waals surface area contributed by atoms with Crippen molar-refractivity contribution in [3.8, 4) is 0 Å². The molecule has 0 fully saturated rings. The maximum absolute atomic E-state index is 13.0. The third-order valence-corrected chi connectivity index (χ3v) is 3.47. The number of ketones is 1. The Balaban J connectivity index is 2.56. The molecule has 1 amide bonds. The van der Waals surface area contributed by atoms with E-state index in [1.807, 2.05) is 20.8 Å². The summed E-state index contributed by atoms with van der Waals surface area (Å²) in [4.78, 5) is 25.7. The summed E-state index contributed by atoms with van der Waals surface area (Å²) in [6.07, 6.45) is -0.320. The Bertz CT molecular complexity index is 555. The SMILES string of the molecule is COCNCCC(=O)COC(=O)N(Cc1ccc(F)cc1)C(C)(C)C. The van der Waals surface area contributed by atoms with Crippen molar-refractivity contribution in [2.75, 3.05) is 27.0 Å². The summed E-state index contributed by atoms with van der Waals surface area (Å²) in [5.74, 6) is -0.506. The van der Waals surface area contributed by atoms with Gasteiger partial charge in [-0.1, -0.05) is 12.1 Å². The quantitative estimate of drug-likeness (QED) is 0.545. The molecule has 0 spiro atoms. The fourth-order valence-corrected chi connectivity index (χ4v) is 2.04. The minimum atomic E-state index is -0.574. The number of carbonyl (C=O) groups excluding carboxylic acids is 2. The average molecular weight is 354 g/mol. The van der Waals surface area contributed by atoms with Gasteiger partial charge in [-0.25, -0.2) is 9.18 Å². The van der Waals surface area contributed by atoms with Gasteiger partial charge in [0.05, 0.1) is 6.73 Å². The molecule has 0 unspecified atom stereocenters. The lowest BCUT2D eigenvalue weighted by Gasteiger charge is -2.34. The van der Waals surface area contributed by atoms with Gasteiger partial charge >= 0.3 is 6.09 Å². The lowest BCUT2D eigenvalue weighted by Crippen LogP contribution is -2.45. The highest BCUT2D eigenvalue weighted by Gasteiger charge is 2.28. The van der Waals surface area contributed by atoms with Crippen molar-refractivity contribution in [2.24, 2.45) is 0 Å². The normalized spacial score (nSPS) is 11.2. The van der Waals surface area contributed by atoms with Crippen LogP contribution in [-0.4, -0.2) is 49.3 Å². The highest BCUT2D eigenvalue weighted by Crippen LogP contribution is 2.19. The summed E-state index contributed by atoms with van der Waals surface area (Å²) in [5, 5.41) is 2.91. The topological polar surface area (TPSA) is 67.9 Å². The third-order valence-electron chi connectivity index (χ3n) is 3.47. The number of amides is 1. The van der Waals surface area contributed by atoms with Crippen LogP contribution in [0, 0.1) is 5.82 Å². The highest BCUT2D eigenvalue weighted by molar-refractivity contribution is 5.82. The monoisotopic (exact) mass is 354 g/mol. The number of hydrogen-bond acceptors (Lipinski definition) is 5. The fourth-order valence-electron chi connectivity index (χ4n) is 2.04. The van der Waals surface area contributed by atoms with Crippen LogP contribution in [0.3, 0.4) is 0 Å². The standard InChI is InChI=1S/C18H27FN2O4/c1-18(2,3)21(11-14-5-7-15(19)8-6-14)17(23)25-12-16(22)9-10-20-13-24-4/h5-8,20H,9-13H2,1-4H3. The summed E-state index contributed by atoms with van der Waals surface area (Å²) in [5.41, 5.74) is 0.275. The van der Waals surface area contributed by atoms with Crippen molar-refractivity contribution in [1.82, 2.24) is 10.2 Å². The Morgan fingerprint density at radius 1 is 1.20 bits per heavy atom. The maximum Gasteiger partial charge on any atom is 0.410 e. The molecule has 25 heavy (non-hydrogen) atoms. The van der Waals surface area contributed by atoms with E-state index in [2.05, 4.69) is 5.32 Å². The zero-order valence-corrected chi connectivity index (χ0v) is 15.3. The average Bonchev–Trinajstić information content (AvgIpc) is 2.55. The molecule has 7 heteroatoms. The van der Waals surface area contributed by atoms with Crippen molar-refractivity contribution in [3.05, 3.63) is 35.6 Å². The number of ether oxygens (including phenoxy) is 2. The van der Waals surface area contributed by atoms with E-state index in [1.54, 1.807) is 19.2 Å². The molecule has 0 bridgehead atoms. The van der Waals surface area contributed by atoms with Crippen molar-refractivity contribution < 1.29 is 23.5 Å². The first kappa shape index (κ1) is 21.1. The Morgan fingerprint density at radius 2 is 1.84 bits per heavy atom. The molecule has 0 atom stereocenters. The van der Waals surface area contributed by atoms with Crippen LogP contribution in [0.2, 0.25) is 0 Å². The van der Waals surface area contributed by atoms with Gasteiger partial charge in [0, 0.05) is 32.2 Å². The molecule has 0 aliphatic carbocycles. The second kappa shape index (κ2) is 10.1. The van der Waals surface area contributed by atoms with Crippen molar-refractivity contribution >= 4 is 11.9 Å². The minimum Gasteiger partial charge on any atom is -0.441 e. The van der Waals surface area contributed by atoms with E-state index in [1.165, 1.54) is 17.0 Å². The Labute approximate surface area is 148 Å². The van der Waals surface area contributed by atoms with Gasteiger partial charge < -0.3 is 9.47 Å². The number of nitrogens with zero attached hydrogens (tertiary/aromatic N) is 1. The van der Waals surface area contributed by atoms with Gasteiger partial charge in [-0.3, -0.25) is 15.0 Å². The van der Waals surface area contributed by atoms with E-state index < -0.39 is 11.6 Å². The van der Waals surface area contributed by atoms with Gasteiger partial charge in [-0.05, 0) is 38.5 Å². The molecular weight excluding hydrogens is 327 g/mol. The van der Waals surface area contributed by atoms with E-state index >= 15 is 0 Å². The molecule has 6 nitrogen and oxygen atoms in total. The number of hydrogen-bond donors (Lipinski definition) is 1. The number of benzene rings is 1. The predicted molar refractivity (Wildman–Crippen MR) is 92.5 cm³/mol. The zero-order valence-electron chi connectivity index (χ0n) is 15.3. The summed E-state index contributed by atoms with van der Waals surface area (Å²) in [7, 11) is 1.55. The first-order valence-electron chi connectivity index (χ1n) is 8.14. The van der Waals surface area contributed by atoms with Crippen LogP contribution in [0.5, 0.6) is 0 Å². The summed E-state index contributed by atoms with van der Waals surface area (Å²) in [6, 6.07) is 5.93. The Morgan fingerprint density at radius 3 is 2.40 bits per heavy atom. The Hall–Kier alpha value is -1.99. The second-order valence-electron chi connectivity index (χ2n) is 6.66. The van der Waals surface area contributed by atoms with Gasteiger partial charge in [0.15, 0.2) is 12.4 Å². The van der Waals surface area contributed by atoms with E-state index in [4.69, 9.17) is 9.47 Å². The third kappa shape index (κ3) is 8.09. The van der Waals surface area contributed by atoms with Crippen molar-refractivity contribution in [1.29, 1.82) is 0 Å². The number of Topliss-reactive ketones (excluding diaryl/α,β-unsaturated/α-hetero) is 1. The van der Waals surface area contributed by atoms with E-state index in [0.717, 1.165) is 5.56 Å². The van der Waals surface area contributed by atoms with Gasteiger partial charge in [-0.15, -0.1) is 0 Å². The molecule has 0 aliphatic rings. The van der Waals surface area contributed by atoms with Crippen molar-refractivity contribution in [3.63, 3.8) is 0 Å². The first-order valence-corrected chi connectivity index (χ1v) is 8.14. The number of carbonyl (C=O) groups is 2. The molecule has 1 aromatic carbocycles. The highest BCUT2D eigenvalue weighted by atomic mass is 19.1. The van der Waals surface area contributed by atoms with Crippen LogP contribution in [-0.2, 0) is 20.8 Å². The van der Waals surface area contributed by atoms with E-state index in [0.29, 0.717) is 13.3 Å². The lowest BCUT2D eigenvalue weighted by atomic mass is 10.1. The number of rotatable bonds is 9. The van der Waals surface area contributed by atoms with Gasteiger partial charge in [-0.2, -0.15) is 0 Å². The first-order chi connectivity index (χ1) is 11.7. The van der Waals surface area contributed by atoms with Crippen LogP contribution in [0.1, 0.15) is 32.8 Å². The van der Waals surface area contributed by atoms with Gasteiger partial charge in [0.1, 0.15) is 5.82 Å². The molecule has 0 heterocycles. The number of nitrogens with one attached hydrogen (secondary N) is 1. The molecule has 140 valence electrons. The lowest BCUT2D eigenvalue weighted by molar-refractivity contribution is -0.122. The number of methoxy groups -OCH3 is 1. The van der Waals surface area contributed by atoms with Crippen LogP contribution in [0.4, 0.5) is 9.18 Å². The fraction of sp³-hybridized carbons (Fsp3) is 0.556. The molecule has 0 saturated heterocycles. The van der Waals surface area contributed by atoms with Crippen molar-refractivity contribution in [2.45, 2.75) is 39.3 Å². The minimum absolute atomic E-state index is 0.174. The molecule has 1 N–H and O–H groups in total. The molecule has 1 aromatic rings. The molecule has 0 aliphatic heterocycles. The van der Waals surface area contributed by atoms with E-state index in [9.17, 15) is 14.0 Å². The second-order valence-corrected chi connectivity index (χ2v) is 6.66. The van der Waals surface area contributed by atoms with Gasteiger partial charge in [0.2, 0.25) is 0 Å². The zero-order chi connectivity index (χ0) is 18.9. The smallest absolute Gasteiger partial charge is 0.410 e. The van der Waals surface area contributed by atoms with E-state index in [-0.39, 0.29) is 31.2 Å². The molecular formula is C18H27FN2O4. The van der Waals surface area contributed by atoms with Gasteiger partial charge in [0.25, 0.3) is 0 Å². The largest absolute Gasteiger partial charge is 0.441 e. The molecule has 0 saturated carbocycles. The summed E-state index contributed by atoms with van der Waals surface area (Å²) >= 11 is 0. The molecule has 1 rings (SSSR count). The molecule has 0 radical (unpaired) electrons. The van der Waals surface area contributed by atoms with Crippen LogP contribution < -0.4 is 5.32 Å². The predicted octanol–water partition coefficient (Wildman–Crippen LogP) is 2.72. The van der Waals surface area contributed by atoms with Crippen LogP contribution >= 0.6 is 0 Å². The van der Waals surface area contributed by atoms with Crippen LogP contribution in [0.15, 0.2) is 24.3 Å². The van der Waals surface area contributed by atoms with Crippen LogP contribution in [0.25, 0.3) is 0 Å². The summed E-state index contributed by atoms with van der Waals surface area (Å²) < 4.78 is 23.0. The summed E-state index contributed by atoms with van der Waals surface area (Å²) in [6.45, 7) is 6.43. The maximum atomic E-state index is 13.0. The molecule has 0 aromatic heterocycles. The Kier molecular flexibility index (Phi) is 8.51. The number of halogens is 1.